The van der Waals surface area contributed by atoms with Crippen molar-refractivity contribution in [1.29, 1.82) is 0 Å². The van der Waals surface area contributed by atoms with Crippen molar-refractivity contribution < 1.29 is 22.0 Å². The van der Waals surface area contributed by atoms with Crippen molar-refractivity contribution in [2.24, 2.45) is 0 Å². The van der Waals surface area contributed by atoms with E-state index in [1.807, 2.05) is 0 Å². The standard InChI is InChI=1S/C13H15F5N2/c14-8-12(20-5-3-19-4-6-20)10-2-1-9(15)7-11(10)13(16,17)18/h1-2,7,12,19H,3-6,8H2/t12-/m1/s1. The maximum Gasteiger partial charge on any atom is 0.416 e. The second kappa shape index (κ2) is 6.05. The molecule has 2 nitrogen and oxygen atoms in total. The number of hydrogen-bond acceptors (Lipinski definition) is 2. The molecule has 1 heterocycles. The summed E-state index contributed by atoms with van der Waals surface area (Å²) in [4.78, 5) is 1.65. The van der Waals surface area contributed by atoms with Gasteiger partial charge in [-0.3, -0.25) is 4.90 Å². The maximum atomic E-state index is 13.3. The van der Waals surface area contributed by atoms with Gasteiger partial charge in [0.15, 0.2) is 0 Å². The summed E-state index contributed by atoms with van der Waals surface area (Å²) in [6.07, 6.45) is -4.70. The van der Waals surface area contributed by atoms with E-state index in [2.05, 4.69) is 5.32 Å². The highest BCUT2D eigenvalue weighted by molar-refractivity contribution is 5.33. The Morgan fingerprint density at radius 3 is 2.40 bits per heavy atom. The van der Waals surface area contributed by atoms with Crippen molar-refractivity contribution in [1.82, 2.24) is 10.2 Å². The van der Waals surface area contributed by atoms with Gasteiger partial charge in [-0.05, 0) is 17.7 Å². The van der Waals surface area contributed by atoms with E-state index in [1.165, 1.54) is 0 Å². The predicted molar refractivity (Wildman–Crippen MR) is 64.6 cm³/mol. The van der Waals surface area contributed by atoms with E-state index in [0.29, 0.717) is 32.2 Å². The van der Waals surface area contributed by atoms with Crippen LogP contribution in [0.15, 0.2) is 18.2 Å². The molecular weight excluding hydrogens is 279 g/mol. The molecule has 1 N–H and O–H groups in total. The summed E-state index contributed by atoms with van der Waals surface area (Å²) in [6, 6.07) is 1.41. The Labute approximate surface area is 113 Å². The minimum Gasteiger partial charge on any atom is -0.314 e. The molecule has 0 amide bonds. The molecule has 0 aliphatic carbocycles. The third kappa shape index (κ3) is 3.27. The zero-order valence-electron chi connectivity index (χ0n) is 10.7. The Kier molecular flexibility index (Phi) is 4.59. The van der Waals surface area contributed by atoms with Crippen LogP contribution in [0.2, 0.25) is 0 Å². The topological polar surface area (TPSA) is 15.3 Å². The van der Waals surface area contributed by atoms with Crippen LogP contribution >= 0.6 is 0 Å². The van der Waals surface area contributed by atoms with Crippen LogP contribution in [0.25, 0.3) is 0 Å². The summed E-state index contributed by atoms with van der Waals surface area (Å²) in [5.74, 6) is -0.973. The summed E-state index contributed by atoms with van der Waals surface area (Å²) in [5, 5.41) is 3.05. The van der Waals surface area contributed by atoms with Gasteiger partial charge >= 0.3 is 6.18 Å². The first kappa shape index (κ1) is 15.2. The van der Waals surface area contributed by atoms with Gasteiger partial charge in [0.25, 0.3) is 0 Å². The number of halogens is 5. The summed E-state index contributed by atoms with van der Waals surface area (Å²) >= 11 is 0. The lowest BCUT2D eigenvalue weighted by molar-refractivity contribution is -0.139. The average molecular weight is 294 g/mol. The molecule has 0 saturated carbocycles. The summed E-state index contributed by atoms with van der Waals surface area (Å²) in [5.41, 5.74) is -1.30. The van der Waals surface area contributed by atoms with E-state index in [1.54, 1.807) is 4.90 Å². The van der Waals surface area contributed by atoms with Gasteiger partial charge in [0, 0.05) is 26.2 Å². The predicted octanol–water partition coefficient (Wildman–Crippen LogP) is 2.76. The van der Waals surface area contributed by atoms with Crippen LogP contribution in [0, 0.1) is 5.82 Å². The van der Waals surface area contributed by atoms with E-state index in [0.717, 1.165) is 12.1 Å². The molecule has 1 aliphatic heterocycles. The molecule has 2 rings (SSSR count). The zero-order chi connectivity index (χ0) is 14.8. The van der Waals surface area contributed by atoms with Gasteiger partial charge in [0.2, 0.25) is 0 Å². The number of benzene rings is 1. The molecule has 20 heavy (non-hydrogen) atoms. The van der Waals surface area contributed by atoms with E-state index >= 15 is 0 Å². The van der Waals surface area contributed by atoms with Gasteiger partial charge in [0.1, 0.15) is 12.5 Å². The van der Waals surface area contributed by atoms with Gasteiger partial charge in [0.05, 0.1) is 11.6 Å². The van der Waals surface area contributed by atoms with E-state index in [-0.39, 0.29) is 5.56 Å². The lowest BCUT2D eigenvalue weighted by Crippen LogP contribution is -2.46. The maximum absolute atomic E-state index is 13.3. The summed E-state index contributed by atoms with van der Waals surface area (Å²) < 4.78 is 65.3. The second-order valence-corrected chi connectivity index (χ2v) is 4.69. The number of nitrogens with one attached hydrogen (secondary N) is 1. The van der Waals surface area contributed by atoms with Crippen LogP contribution in [0.5, 0.6) is 0 Å². The molecule has 1 fully saturated rings. The quantitative estimate of drug-likeness (QED) is 0.862. The highest BCUT2D eigenvalue weighted by atomic mass is 19.4. The van der Waals surface area contributed by atoms with Gasteiger partial charge in [-0.25, -0.2) is 8.78 Å². The molecule has 0 spiro atoms. The normalized spacial score (nSPS) is 19.1. The molecule has 0 unspecified atom stereocenters. The monoisotopic (exact) mass is 294 g/mol. The Morgan fingerprint density at radius 2 is 1.85 bits per heavy atom. The molecule has 1 aromatic rings. The molecule has 0 aromatic heterocycles. The van der Waals surface area contributed by atoms with Crippen LogP contribution < -0.4 is 5.32 Å². The Morgan fingerprint density at radius 1 is 1.20 bits per heavy atom. The van der Waals surface area contributed by atoms with Crippen molar-refractivity contribution >= 4 is 0 Å². The average Bonchev–Trinajstić information content (AvgIpc) is 2.41. The first-order chi connectivity index (χ1) is 9.43. The van der Waals surface area contributed by atoms with E-state index in [4.69, 9.17) is 0 Å². The van der Waals surface area contributed by atoms with Crippen LogP contribution in [0.3, 0.4) is 0 Å². The fraction of sp³-hybridized carbons (Fsp3) is 0.538. The molecule has 1 aromatic carbocycles. The van der Waals surface area contributed by atoms with Crippen LogP contribution in [0.4, 0.5) is 22.0 Å². The van der Waals surface area contributed by atoms with Crippen LogP contribution in [-0.4, -0.2) is 37.8 Å². The largest absolute Gasteiger partial charge is 0.416 e. The molecule has 1 aliphatic rings. The number of hydrogen-bond donors (Lipinski definition) is 1. The SMILES string of the molecule is FC[C@H](c1ccc(F)cc1C(F)(F)F)N1CCNCC1. The number of nitrogens with zero attached hydrogens (tertiary/aromatic N) is 1. The van der Waals surface area contributed by atoms with Crippen molar-refractivity contribution in [3.05, 3.63) is 35.1 Å². The van der Waals surface area contributed by atoms with Crippen molar-refractivity contribution in [3.63, 3.8) is 0 Å². The lowest BCUT2D eigenvalue weighted by Gasteiger charge is -2.34. The van der Waals surface area contributed by atoms with Gasteiger partial charge in [-0.1, -0.05) is 6.07 Å². The molecule has 0 bridgehead atoms. The van der Waals surface area contributed by atoms with E-state index < -0.39 is 30.3 Å². The van der Waals surface area contributed by atoms with Crippen LogP contribution in [0.1, 0.15) is 17.2 Å². The zero-order valence-corrected chi connectivity index (χ0v) is 10.7. The fourth-order valence-electron chi connectivity index (χ4n) is 2.44. The van der Waals surface area contributed by atoms with Gasteiger partial charge in [-0.2, -0.15) is 13.2 Å². The van der Waals surface area contributed by atoms with Crippen molar-refractivity contribution in [2.45, 2.75) is 12.2 Å². The molecular formula is C13H15F5N2. The molecule has 1 saturated heterocycles. The molecule has 7 heteroatoms. The minimum atomic E-state index is -4.70. The van der Waals surface area contributed by atoms with Crippen LogP contribution in [-0.2, 0) is 6.18 Å². The highest BCUT2D eigenvalue weighted by Gasteiger charge is 2.37. The van der Waals surface area contributed by atoms with E-state index in [9.17, 15) is 22.0 Å². The highest BCUT2D eigenvalue weighted by Crippen LogP contribution is 2.37. The second-order valence-electron chi connectivity index (χ2n) is 4.69. The van der Waals surface area contributed by atoms with Crippen molar-refractivity contribution in [2.75, 3.05) is 32.9 Å². The minimum absolute atomic E-state index is 0.205. The molecule has 1 atom stereocenters. The summed E-state index contributed by atoms with van der Waals surface area (Å²) in [7, 11) is 0. The first-order valence-corrected chi connectivity index (χ1v) is 6.31. The third-order valence-corrected chi connectivity index (χ3v) is 3.42. The number of piperazine rings is 1. The molecule has 0 radical (unpaired) electrons. The van der Waals surface area contributed by atoms with Crippen molar-refractivity contribution in [3.8, 4) is 0 Å². The molecule has 112 valence electrons. The smallest absolute Gasteiger partial charge is 0.314 e. The third-order valence-electron chi connectivity index (χ3n) is 3.42. The Bertz CT molecular complexity index is 455. The van der Waals surface area contributed by atoms with Gasteiger partial charge < -0.3 is 5.32 Å². The Balaban J connectivity index is 2.38. The summed E-state index contributed by atoms with van der Waals surface area (Å²) in [6.45, 7) is 1.18. The first-order valence-electron chi connectivity index (χ1n) is 6.31. The fourth-order valence-corrected chi connectivity index (χ4v) is 2.44. The Hall–Kier alpha value is -1.21. The lowest BCUT2D eigenvalue weighted by atomic mass is 9.98. The van der Waals surface area contributed by atoms with Gasteiger partial charge in [-0.15, -0.1) is 0 Å². The number of rotatable bonds is 3. The number of alkyl halides is 4.